The van der Waals surface area contributed by atoms with Gasteiger partial charge in [-0.25, -0.2) is 4.98 Å². The Hall–Kier alpha value is -1.31. The van der Waals surface area contributed by atoms with E-state index in [-0.39, 0.29) is 6.10 Å². The molecule has 3 heterocycles. The molecule has 2 aromatic heterocycles. The van der Waals surface area contributed by atoms with E-state index in [9.17, 15) is 0 Å². The number of hydrogen-bond acceptors (Lipinski definition) is 7. The summed E-state index contributed by atoms with van der Waals surface area (Å²) in [5.74, 6) is 1.32. The van der Waals surface area contributed by atoms with Crippen molar-refractivity contribution in [3.05, 3.63) is 27.8 Å². The monoisotopic (exact) mass is 280 g/mol. The lowest BCUT2D eigenvalue weighted by atomic mass is 10.2. The largest absolute Gasteiger partial charge is 0.375 e. The molecular formula is C12H16N4O2S. The van der Waals surface area contributed by atoms with Crippen molar-refractivity contribution in [2.45, 2.75) is 25.9 Å². The first-order chi connectivity index (χ1) is 9.29. The third-order valence-electron chi connectivity index (χ3n) is 2.92. The van der Waals surface area contributed by atoms with Crippen LogP contribution in [0.15, 0.2) is 9.90 Å². The molecule has 0 amide bonds. The number of rotatable bonds is 4. The standard InChI is InChI=1S/C12H16N4O2S/c1-8-14-9(7-19-8)4-11-15-12(18-16-11)5-10-6-13-2-3-17-10/h7,10,13H,2-6H2,1H3. The van der Waals surface area contributed by atoms with E-state index in [1.54, 1.807) is 11.3 Å². The van der Waals surface area contributed by atoms with Gasteiger partial charge in [-0.15, -0.1) is 11.3 Å². The highest BCUT2D eigenvalue weighted by atomic mass is 32.1. The second kappa shape index (κ2) is 5.77. The number of aromatic nitrogens is 3. The summed E-state index contributed by atoms with van der Waals surface area (Å²) < 4.78 is 10.9. The molecule has 3 rings (SSSR count). The van der Waals surface area contributed by atoms with Gasteiger partial charge in [0.25, 0.3) is 0 Å². The molecule has 1 fully saturated rings. The summed E-state index contributed by atoms with van der Waals surface area (Å²) in [6.07, 6.45) is 1.41. The van der Waals surface area contributed by atoms with E-state index >= 15 is 0 Å². The maximum Gasteiger partial charge on any atom is 0.229 e. The number of ether oxygens (including phenoxy) is 1. The van der Waals surface area contributed by atoms with E-state index in [0.717, 1.165) is 30.4 Å². The van der Waals surface area contributed by atoms with Gasteiger partial charge in [-0.2, -0.15) is 4.98 Å². The maximum atomic E-state index is 5.61. The van der Waals surface area contributed by atoms with Crippen LogP contribution in [0.1, 0.15) is 22.4 Å². The fourth-order valence-corrected chi connectivity index (χ4v) is 2.65. The Morgan fingerprint density at radius 1 is 1.47 bits per heavy atom. The number of aryl methyl sites for hydroxylation is 1. The summed E-state index contributed by atoms with van der Waals surface area (Å²) in [5, 5.41) is 10.4. The van der Waals surface area contributed by atoms with Crippen LogP contribution in [-0.4, -0.2) is 40.9 Å². The highest BCUT2D eigenvalue weighted by Crippen LogP contribution is 2.12. The Morgan fingerprint density at radius 3 is 3.16 bits per heavy atom. The van der Waals surface area contributed by atoms with Crippen LogP contribution in [0.3, 0.4) is 0 Å². The normalized spacial score (nSPS) is 19.7. The van der Waals surface area contributed by atoms with Gasteiger partial charge in [0.2, 0.25) is 5.89 Å². The first-order valence-electron chi connectivity index (χ1n) is 6.34. The lowest BCUT2D eigenvalue weighted by Gasteiger charge is -2.21. The summed E-state index contributed by atoms with van der Waals surface area (Å²) >= 11 is 1.63. The molecule has 2 aromatic rings. The fraction of sp³-hybridized carbons (Fsp3) is 0.583. The second-order valence-electron chi connectivity index (χ2n) is 4.54. The summed E-state index contributed by atoms with van der Waals surface area (Å²) in [7, 11) is 0. The van der Waals surface area contributed by atoms with Crippen molar-refractivity contribution in [2.24, 2.45) is 0 Å². The second-order valence-corrected chi connectivity index (χ2v) is 5.60. The van der Waals surface area contributed by atoms with E-state index in [4.69, 9.17) is 9.26 Å². The average Bonchev–Trinajstić information content (AvgIpc) is 3.01. The minimum absolute atomic E-state index is 0.128. The van der Waals surface area contributed by atoms with Crippen molar-refractivity contribution in [3.8, 4) is 0 Å². The highest BCUT2D eigenvalue weighted by molar-refractivity contribution is 7.09. The van der Waals surface area contributed by atoms with Crippen molar-refractivity contribution < 1.29 is 9.26 Å². The smallest absolute Gasteiger partial charge is 0.229 e. The number of thiazole rings is 1. The molecule has 6 nitrogen and oxygen atoms in total. The van der Waals surface area contributed by atoms with Crippen molar-refractivity contribution in [1.82, 2.24) is 20.4 Å². The molecule has 1 atom stereocenters. The Balaban J connectivity index is 1.59. The summed E-state index contributed by atoms with van der Waals surface area (Å²) in [6.45, 7) is 4.48. The minimum Gasteiger partial charge on any atom is -0.375 e. The van der Waals surface area contributed by atoms with Gasteiger partial charge in [-0.05, 0) is 6.92 Å². The lowest BCUT2D eigenvalue weighted by molar-refractivity contribution is 0.0246. The number of morpholine rings is 1. The van der Waals surface area contributed by atoms with Gasteiger partial charge in [0.05, 0.1) is 36.3 Å². The Kier molecular flexibility index (Phi) is 3.86. The van der Waals surface area contributed by atoms with Gasteiger partial charge in [-0.1, -0.05) is 5.16 Å². The van der Waals surface area contributed by atoms with Gasteiger partial charge in [0, 0.05) is 18.5 Å². The van der Waals surface area contributed by atoms with Crippen LogP contribution in [0.2, 0.25) is 0 Å². The first-order valence-corrected chi connectivity index (χ1v) is 7.22. The summed E-state index contributed by atoms with van der Waals surface area (Å²) in [6, 6.07) is 0. The third kappa shape index (κ3) is 3.37. The number of nitrogens with zero attached hydrogens (tertiary/aromatic N) is 3. The molecule has 1 aliphatic heterocycles. The van der Waals surface area contributed by atoms with E-state index < -0.39 is 0 Å². The number of hydrogen-bond donors (Lipinski definition) is 1. The third-order valence-corrected chi connectivity index (χ3v) is 3.74. The van der Waals surface area contributed by atoms with Crippen LogP contribution in [0.4, 0.5) is 0 Å². The molecule has 1 aliphatic rings. The Bertz CT molecular complexity index is 533. The SMILES string of the molecule is Cc1nc(Cc2noc(CC3CNCCO3)n2)cs1. The average molecular weight is 280 g/mol. The molecular weight excluding hydrogens is 264 g/mol. The zero-order valence-corrected chi connectivity index (χ0v) is 11.6. The molecule has 0 spiro atoms. The van der Waals surface area contributed by atoms with Crippen molar-refractivity contribution in [3.63, 3.8) is 0 Å². The summed E-state index contributed by atoms with van der Waals surface area (Å²) in [5.41, 5.74) is 0.991. The Labute approximate surface area is 115 Å². The van der Waals surface area contributed by atoms with Crippen molar-refractivity contribution in [2.75, 3.05) is 19.7 Å². The molecule has 1 saturated heterocycles. The van der Waals surface area contributed by atoms with Gasteiger partial charge >= 0.3 is 0 Å². The van der Waals surface area contributed by atoms with Crippen LogP contribution in [0.5, 0.6) is 0 Å². The fourth-order valence-electron chi connectivity index (χ4n) is 2.04. The maximum absolute atomic E-state index is 5.61. The predicted molar refractivity (Wildman–Crippen MR) is 70.3 cm³/mol. The van der Waals surface area contributed by atoms with Gasteiger partial charge < -0.3 is 14.6 Å². The van der Waals surface area contributed by atoms with E-state index in [1.807, 2.05) is 12.3 Å². The van der Waals surface area contributed by atoms with Crippen LogP contribution >= 0.6 is 11.3 Å². The number of nitrogens with one attached hydrogen (secondary N) is 1. The first kappa shape index (κ1) is 12.7. The van der Waals surface area contributed by atoms with Gasteiger partial charge in [0.1, 0.15) is 0 Å². The zero-order chi connectivity index (χ0) is 13.1. The molecule has 102 valence electrons. The predicted octanol–water partition coefficient (Wildman–Crippen LogP) is 0.956. The molecule has 7 heteroatoms. The molecule has 0 bridgehead atoms. The van der Waals surface area contributed by atoms with Crippen LogP contribution < -0.4 is 5.32 Å². The summed E-state index contributed by atoms with van der Waals surface area (Å²) in [4.78, 5) is 8.78. The van der Waals surface area contributed by atoms with Crippen molar-refractivity contribution in [1.29, 1.82) is 0 Å². The molecule has 0 saturated carbocycles. The quantitative estimate of drug-likeness (QED) is 0.899. The van der Waals surface area contributed by atoms with Gasteiger partial charge in [0.15, 0.2) is 5.82 Å². The van der Waals surface area contributed by atoms with E-state index in [1.165, 1.54) is 0 Å². The molecule has 0 aliphatic carbocycles. The Morgan fingerprint density at radius 2 is 2.42 bits per heavy atom. The lowest BCUT2D eigenvalue weighted by Crippen LogP contribution is -2.39. The van der Waals surface area contributed by atoms with E-state index in [0.29, 0.717) is 24.6 Å². The van der Waals surface area contributed by atoms with Crippen molar-refractivity contribution >= 4 is 11.3 Å². The molecule has 0 aromatic carbocycles. The molecule has 1 unspecified atom stereocenters. The van der Waals surface area contributed by atoms with Crippen LogP contribution in [0.25, 0.3) is 0 Å². The molecule has 0 radical (unpaired) electrons. The topological polar surface area (TPSA) is 73.1 Å². The minimum atomic E-state index is 0.128. The van der Waals surface area contributed by atoms with E-state index in [2.05, 4.69) is 20.4 Å². The van der Waals surface area contributed by atoms with Crippen LogP contribution in [-0.2, 0) is 17.6 Å². The van der Waals surface area contributed by atoms with Gasteiger partial charge in [-0.3, -0.25) is 0 Å². The zero-order valence-electron chi connectivity index (χ0n) is 10.8. The molecule has 19 heavy (non-hydrogen) atoms. The van der Waals surface area contributed by atoms with Crippen LogP contribution in [0, 0.1) is 6.92 Å². The molecule has 1 N–H and O–H groups in total. The highest BCUT2D eigenvalue weighted by Gasteiger charge is 2.18.